The summed E-state index contributed by atoms with van der Waals surface area (Å²) >= 11 is 1.64. The zero-order valence-corrected chi connectivity index (χ0v) is 21.4. The van der Waals surface area contributed by atoms with Crippen LogP contribution in [0.3, 0.4) is 0 Å². The number of aromatic nitrogens is 2. The Morgan fingerprint density at radius 1 is 1.26 bits per heavy atom. The highest BCUT2D eigenvalue weighted by atomic mass is 32.1. The van der Waals surface area contributed by atoms with Gasteiger partial charge in [-0.25, -0.2) is 4.98 Å². The molecule has 2 aromatic heterocycles. The lowest BCUT2D eigenvalue weighted by Crippen LogP contribution is -2.26. The van der Waals surface area contributed by atoms with Gasteiger partial charge in [0.25, 0.3) is 5.56 Å². The number of fused-ring (bicyclic) bond motifs is 3. The third kappa shape index (κ3) is 5.12. The van der Waals surface area contributed by atoms with Crippen LogP contribution in [-0.4, -0.2) is 30.1 Å². The van der Waals surface area contributed by atoms with Gasteiger partial charge in [-0.05, 0) is 48.3 Å². The summed E-state index contributed by atoms with van der Waals surface area (Å²) in [4.78, 5) is 35.0. The van der Waals surface area contributed by atoms with Crippen molar-refractivity contribution in [1.82, 2.24) is 15.3 Å². The van der Waals surface area contributed by atoms with Crippen LogP contribution < -0.4 is 20.3 Å². The van der Waals surface area contributed by atoms with Crippen molar-refractivity contribution in [3.8, 4) is 11.5 Å². The van der Waals surface area contributed by atoms with Gasteiger partial charge in [-0.1, -0.05) is 20.8 Å². The highest BCUT2D eigenvalue weighted by Crippen LogP contribution is 2.42. The van der Waals surface area contributed by atoms with Crippen LogP contribution in [0.1, 0.15) is 55.4 Å². The van der Waals surface area contributed by atoms with Crippen molar-refractivity contribution in [1.29, 1.82) is 0 Å². The predicted molar refractivity (Wildman–Crippen MR) is 135 cm³/mol. The van der Waals surface area contributed by atoms with Gasteiger partial charge in [0.1, 0.15) is 22.2 Å². The monoisotopic (exact) mass is 483 g/mol. The van der Waals surface area contributed by atoms with Crippen LogP contribution in [0, 0.1) is 11.3 Å². The molecule has 1 amide bonds. The molecule has 0 radical (unpaired) electrons. The molecule has 0 saturated heterocycles. The van der Waals surface area contributed by atoms with Crippen molar-refractivity contribution in [3.05, 3.63) is 50.4 Å². The van der Waals surface area contributed by atoms with Gasteiger partial charge < -0.3 is 19.8 Å². The number of nitrogens with one attached hydrogen (secondary N) is 2. The minimum absolute atomic E-state index is 0.0879. The molecule has 3 aromatic rings. The van der Waals surface area contributed by atoms with Gasteiger partial charge in [-0.2, -0.15) is 0 Å². The Bertz CT molecular complexity index is 1260. The summed E-state index contributed by atoms with van der Waals surface area (Å²) in [5, 5.41) is 3.66. The van der Waals surface area contributed by atoms with Crippen LogP contribution in [-0.2, 0) is 30.6 Å². The number of H-pyrrole nitrogens is 1. The Balaban J connectivity index is 1.41. The van der Waals surface area contributed by atoms with E-state index in [1.54, 1.807) is 31.6 Å². The van der Waals surface area contributed by atoms with Crippen LogP contribution in [0.4, 0.5) is 0 Å². The molecule has 7 nitrogen and oxygen atoms in total. The number of ether oxygens (including phenoxy) is 2. The van der Waals surface area contributed by atoms with E-state index in [4.69, 9.17) is 14.5 Å². The Labute approximate surface area is 203 Å². The topological polar surface area (TPSA) is 93.3 Å². The normalized spacial score (nSPS) is 15.7. The molecule has 2 heterocycles. The Morgan fingerprint density at radius 2 is 2.06 bits per heavy atom. The first-order valence-corrected chi connectivity index (χ1v) is 12.5. The molecule has 34 heavy (non-hydrogen) atoms. The number of thiophene rings is 1. The van der Waals surface area contributed by atoms with E-state index in [0.717, 1.165) is 35.0 Å². The maximum atomic E-state index is 12.9. The van der Waals surface area contributed by atoms with Crippen molar-refractivity contribution >= 4 is 27.5 Å². The minimum atomic E-state index is -0.112. The lowest BCUT2D eigenvalue weighted by molar-refractivity contribution is -0.121. The molecule has 0 spiro atoms. The molecular formula is C26H33N3O4S. The smallest absolute Gasteiger partial charge is 0.259 e. The summed E-state index contributed by atoms with van der Waals surface area (Å²) in [6, 6.07) is 5.49. The number of carbonyl (C=O) groups is 1. The summed E-state index contributed by atoms with van der Waals surface area (Å²) in [6.07, 6.45) is 3.65. The molecule has 2 N–H and O–H groups in total. The van der Waals surface area contributed by atoms with Crippen molar-refractivity contribution < 1.29 is 14.3 Å². The standard InChI is InChI=1S/C26H33N3O4S/c1-26(2,3)16-7-9-18-20(12-16)34-25-23(18)24(31)28-21(29-25)10-11-22(30)27-14-15-6-8-17(32-4)13-19(15)33-5/h6,8,13,16H,7,9-12,14H2,1-5H3,(H,27,30)(H,28,29,31)/t16-/m1/s1. The molecule has 1 aliphatic rings. The highest BCUT2D eigenvalue weighted by molar-refractivity contribution is 7.18. The van der Waals surface area contributed by atoms with Crippen LogP contribution in [0.5, 0.6) is 11.5 Å². The van der Waals surface area contributed by atoms with Crippen LogP contribution in [0.25, 0.3) is 10.2 Å². The Kier molecular flexibility index (Phi) is 6.98. The second-order valence-corrected chi connectivity index (χ2v) is 11.0. The van der Waals surface area contributed by atoms with Gasteiger partial charge in [0.05, 0.1) is 19.6 Å². The zero-order chi connectivity index (χ0) is 24.5. The molecule has 0 saturated carbocycles. The minimum Gasteiger partial charge on any atom is -0.497 e. The molecule has 0 aliphatic heterocycles. The first-order chi connectivity index (χ1) is 16.2. The number of methoxy groups -OCH3 is 2. The Morgan fingerprint density at radius 3 is 2.76 bits per heavy atom. The summed E-state index contributed by atoms with van der Waals surface area (Å²) in [5.41, 5.74) is 2.20. The van der Waals surface area contributed by atoms with E-state index in [1.807, 2.05) is 12.1 Å². The number of aryl methyl sites for hydroxylation is 2. The maximum Gasteiger partial charge on any atom is 0.259 e. The van der Waals surface area contributed by atoms with E-state index in [0.29, 0.717) is 36.2 Å². The van der Waals surface area contributed by atoms with Crippen molar-refractivity contribution in [2.45, 2.75) is 59.4 Å². The first kappa shape index (κ1) is 24.3. The summed E-state index contributed by atoms with van der Waals surface area (Å²) in [5.74, 6) is 2.41. The number of rotatable bonds is 7. The summed E-state index contributed by atoms with van der Waals surface area (Å²) in [7, 11) is 3.18. The molecule has 182 valence electrons. The third-order valence-electron chi connectivity index (χ3n) is 6.75. The van der Waals surface area contributed by atoms with Crippen LogP contribution in [0.2, 0.25) is 0 Å². The van der Waals surface area contributed by atoms with E-state index in [-0.39, 0.29) is 23.3 Å². The molecule has 0 bridgehead atoms. The quantitative estimate of drug-likeness (QED) is 0.520. The average molecular weight is 484 g/mol. The van der Waals surface area contributed by atoms with Crippen LogP contribution in [0.15, 0.2) is 23.0 Å². The molecule has 8 heteroatoms. The van der Waals surface area contributed by atoms with Crippen LogP contribution >= 0.6 is 11.3 Å². The lowest BCUT2D eigenvalue weighted by Gasteiger charge is -2.33. The molecule has 4 rings (SSSR count). The molecule has 1 aromatic carbocycles. The Hall–Kier alpha value is -2.87. The fourth-order valence-electron chi connectivity index (χ4n) is 4.60. The lowest BCUT2D eigenvalue weighted by atomic mass is 9.72. The average Bonchev–Trinajstić information content (AvgIpc) is 3.18. The molecule has 0 fully saturated rings. The van der Waals surface area contributed by atoms with Crippen molar-refractivity contribution in [2.24, 2.45) is 11.3 Å². The van der Waals surface area contributed by atoms with Gasteiger partial charge >= 0.3 is 0 Å². The summed E-state index contributed by atoms with van der Waals surface area (Å²) < 4.78 is 10.6. The highest BCUT2D eigenvalue weighted by Gasteiger charge is 2.31. The summed E-state index contributed by atoms with van der Waals surface area (Å²) in [6.45, 7) is 7.21. The number of hydrogen-bond donors (Lipinski definition) is 2. The van der Waals surface area contributed by atoms with Gasteiger partial charge in [-0.15, -0.1) is 11.3 Å². The van der Waals surface area contributed by atoms with Gasteiger partial charge in [0.2, 0.25) is 5.91 Å². The number of amides is 1. The van der Waals surface area contributed by atoms with E-state index in [9.17, 15) is 9.59 Å². The van der Waals surface area contributed by atoms with E-state index in [1.165, 1.54) is 10.4 Å². The largest absolute Gasteiger partial charge is 0.497 e. The first-order valence-electron chi connectivity index (χ1n) is 11.7. The second kappa shape index (κ2) is 9.78. The van der Waals surface area contributed by atoms with Crippen molar-refractivity contribution in [3.63, 3.8) is 0 Å². The SMILES string of the molecule is COc1ccc(CNC(=O)CCc2nc3sc4c(c3c(=O)[nH]2)CC[C@@H](C(C)(C)C)C4)c(OC)c1. The fraction of sp³-hybridized carbons (Fsp3) is 0.500. The molecular weight excluding hydrogens is 450 g/mol. The number of hydrogen-bond acceptors (Lipinski definition) is 6. The second-order valence-electron chi connectivity index (χ2n) is 9.96. The third-order valence-corrected chi connectivity index (χ3v) is 7.90. The number of carbonyl (C=O) groups excluding carboxylic acids is 1. The molecule has 1 aliphatic carbocycles. The van der Waals surface area contributed by atoms with E-state index < -0.39 is 0 Å². The van der Waals surface area contributed by atoms with E-state index >= 15 is 0 Å². The van der Waals surface area contributed by atoms with E-state index in [2.05, 4.69) is 31.1 Å². The fourth-order valence-corrected chi connectivity index (χ4v) is 5.92. The number of benzene rings is 1. The zero-order valence-electron chi connectivity index (χ0n) is 20.5. The molecule has 1 atom stereocenters. The van der Waals surface area contributed by atoms with Gasteiger partial charge in [0.15, 0.2) is 0 Å². The maximum absolute atomic E-state index is 12.9. The number of nitrogens with zero attached hydrogens (tertiary/aromatic N) is 1. The number of aromatic amines is 1. The van der Waals surface area contributed by atoms with Gasteiger partial charge in [0, 0.05) is 35.9 Å². The molecule has 0 unspecified atom stereocenters. The van der Waals surface area contributed by atoms with Crippen molar-refractivity contribution in [2.75, 3.05) is 14.2 Å². The van der Waals surface area contributed by atoms with Gasteiger partial charge in [-0.3, -0.25) is 9.59 Å². The predicted octanol–water partition coefficient (Wildman–Crippen LogP) is 4.40.